The van der Waals surface area contributed by atoms with E-state index in [1.165, 1.54) is 0 Å². The first-order chi connectivity index (χ1) is 15.7. The summed E-state index contributed by atoms with van der Waals surface area (Å²) in [5, 5.41) is 11.6. The highest BCUT2D eigenvalue weighted by molar-refractivity contribution is 6.04. The monoisotopic (exact) mass is 444 g/mol. The number of benzene rings is 3. The summed E-state index contributed by atoms with van der Waals surface area (Å²) in [6.45, 7) is 5.77. The number of hydrogen-bond donors (Lipinski definition) is 4. The van der Waals surface area contributed by atoms with Crippen molar-refractivity contribution in [2.24, 2.45) is 0 Å². The van der Waals surface area contributed by atoms with Gasteiger partial charge in [0.2, 0.25) is 5.91 Å². The van der Waals surface area contributed by atoms with Crippen molar-refractivity contribution in [3.63, 3.8) is 0 Å². The fourth-order valence-corrected chi connectivity index (χ4v) is 3.04. The number of hydrogen-bond acceptors (Lipinski definition) is 4. The van der Waals surface area contributed by atoms with E-state index in [4.69, 9.17) is 0 Å². The van der Waals surface area contributed by atoms with Gasteiger partial charge in [0, 0.05) is 33.7 Å². The lowest BCUT2D eigenvalue weighted by Gasteiger charge is -2.20. The summed E-state index contributed by atoms with van der Waals surface area (Å²) in [7, 11) is 0. The van der Waals surface area contributed by atoms with Crippen LogP contribution in [0.4, 0.5) is 17.1 Å². The summed E-state index contributed by atoms with van der Waals surface area (Å²) < 4.78 is 0. The first-order valence-corrected chi connectivity index (χ1v) is 10.6. The predicted octanol–water partition coefficient (Wildman–Crippen LogP) is 4.52. The largest absolute Gasteiger partial charge is 0.376 e. The van der Waals surface area contributed by atoms with E-state index in [1.54, 1.807) is 72.8 Å². The molecule has 170 valence electrons. The van der Waals surface area contributed by atoms with Crippen LogP contribution < -0.4 is 21.3 Å². The highest BCUT2D eigenvalue weighted by atomic mass is 16.2. The van der Waals surface area contributed by atoms with Crippen molar-refractivity contribution in [1.29, 1.82) is 0 Å². The van der Waals surface area contributed by atoms with Gasteiger partial charge in [0.15, 0.2) is 0 Å². The van der Waals surface area contributed by atoms with Crippen LogP contribution in [-0.4, -0.2) is 29.8 Å². The molecule has 0 heterocycles. The normalized spacial score (nSPS) is 10.8. The molecule has 0 bridgehead atoms. The molecule has 0 aromatic heterocycles. The first-order valence-electron chi connectivity index (χ1n) is 10.6. The summed E-state index contributed by atoms with van der Waals surface area (Å²) in [4.78, 5) is 37.1. The second kappa shape index (κ2) is 10.5. The van der Waals surface area contributed by atoms with Gasteiger partial charge >= 0.3 is 0 Å². The highest BCUT2D eigenvalue weighted by Crippen LogP contribution is 2.17. The second-order valence-electron chi connectivity index (χ2n) is 8.59. The average Bonchev–Trinajstić information content (AvgIpc) is 2.77. The molecule has 0 unspecified atom stereocenters. The smallest absolute Gasteiger partial charge is 0.255 e. The van der Waals surface area contributed by atoms with E-state index in [0.717, 1.165) is 0 Å². The zero-order valence-electron chi connectivity index (χ0n) is 18.9. The Morgan fingerprint density at radius 2 is 1.27 bits per heavy atom. The third kappa shape index (κ3) is 7.50. The van der Waals surface area contributed by atoms with Gasteiger partial charge in [-0.25, -0.2) is 0 Å². The number of nitrogens with one attached hydrogen (secondary N) is 4. The van der Waals surface area contributed by atoms with Crippen molar-refractivity contribution in [2.75, 3.05) is 22.5 Å². The van der Waals surface area contributed by atoms with E-state index in [9.17, 15) is 14.4 Å². The number of amides is 3. The van der Waals surface area contributed by atoms with Crippen molar-refractivity contribution in [1.82, 2.24) is 5.32 Å². The van der Waals surface area contributed by atoms with Crippen LogP contribution >= 0.6 is 0 Å². The van der Waals surface area contributed by atoms with Gasteiger partial charge in [0.05, 0.1) is 6.54 Å². The van der Waals surface area contributed by atoms with Crippen molar-refractivity contribution in [3.8, 4) is 0 Å². The average molecular weight is 445 g/mol. The van der Waals surface area contributed by atoms with Crippen molar-refractivity contribution >= 4 is 34.8 Å². The number of carbonyl (C=O) groups is 3. The molecule has 3 amide bonds. The Morgan fingerprint density at radius 3 is 1.97 bits per heavy atom. The lowest BCUT2D eigenvalue weighted by Crippen LogP contribution is -2.40. The summed E-state index contributed by atoms with van der Waals surface area (Å²) in [6, 6.07) is 22.8. The van der Waals surface area contributed by atoms with E-state index >= 15 is 0 Å². The Bertz CT molecular complexity index is 1140. The minimum atomic E-state index is -0.338. The summed E-state index contributed by atoms with van der Waals surface area (Å²) in [5.74, 6) is -0.660. The molecule has 3 aromatic carbocycles. The molecule has 7 heteroatoms. The molecule has 0 atom stereocenters. The molecule has 3 aromatic rings. The van der Waals surface area contributed by atoms with Crippen molar-refractivity contribution in [2.45, 2.75) is 26.3 Å². The molecule has 0 radical (unpaired) electrons. The molecule has 0 saturated carbocycles. The Kier molecular flexibility index (Phi) is 7.46. The fourth-order valence-electron chi connectivity index (χ4n) is 3.04. The van der Waals surface area contributed by atoms with Crippen molar-refractivity contribution < 1.29 is 14.4 Å². The topological polar surface area (TPSA) is 99.3 Å². The van der Waals surface area contributed by atoms with Crippen LogP contribution in [0.25, 0.3) is 0 Å². The lowest BCUT2D eigenvalue weighted by molar-refractivity contribution is -0.114. The Morgan fingerprint density at radius 1 is 0.667 bits per heavy atom. The van der Waals surface area contributed by atoms with Gasteiger partial charge in [-0.15, -0.1) is 0 Å². The molecule has 0 saturated heterocycles. The van der Waals surface area contributed by atoms with E-state index < -0.39 is 0 Å². The zero-order chi connectivity index (χ0) is 23.8. The third-order valence-electron chi connectivity index (χ3n) is 4.51. The highest BCUT2D eigenvalue weighted by Gasteiger charge is 2.15. The van der Waals surface area contributed by atoms with E-state index in [-0.39, 0.29) is 29.8 Å². The second-order valence-corrected chi connectivity index (χ2v) is 8.59. The molecule has 0 aliphatic rings. The standard InChI is InChI=1S/C26H28N4O3/c1-26(2,3)30-25(33)19-11-7-12-20(15-19)27-17-23(31)28-21-13-8-14-22(16-21)29-24(32)18-9-5-4-6-10-18/h4-16,27H,17H2,1-3H3,(H,28,31)(H,29,32)(H,30,33). The number of anilines is 3. The van der Waals surface area contributed by atoms with E-state index in [0.29, 0.717) is 28.2 Å². The molecule has 33 heavy (non-hydrogen) atoms. The minimum absolute atomic E-state index is 0.0188. The summed E-state index contributed by atoms with van der Waals surface area (Å²) >= 11 is 0. The van der Waals surface area contributed by atoms with Crippen LogP contribution in [0, 0.1) is 0 Å². The Hall–Kier alpha value is -4.13. The molecule has 0 aliphatic heterocycles. The van der Waals surface area contributed by atoms with E-state index in [2.05, 4.69) is 21.3 Å². The van der Waals surface area contributed by atoms with E-state index in [1.807, 2.05) is 26.8 Å². The minimum Gasteiger partial charge on any atom is -0.376 e. The molecular formula is C26H28N4O3. The first kappa shape index (κ1) is 23.5. The van der Waals surface area contributed by atoms with Crippen LogP contribution in [0.15, 0.2) is 78.9 Å². The molecule has 0 fully saturated rings. The molecule has 4 N–H and O–H groups in total. The Balaban J connectivity index is 1.55. The third-order valence-corrected chi connectivity index (χ3v) is 4.51. The van der Waals surface area contributed by atoms with Gasteiger partial charge in [-0.1, -0.05) is 30.3 Å². The van der Waals surface area contributed by atoms with Gasteiger partial charge in [-0.3, -0.25) is 14.4 Å². The maximum atomic E-state index is 12.4. The van der Waals surface area contributed by atoms with Gasteiger partial charge < -0.3 is 21.3 Å². The van der Waals surface area contributed by atoms with Crippen LogP contribution in [0.5, 0.6) is 0 Å². The number of carbonyl (C=O) groups excluding carboxylic acids is 3. The van der Waals surface area contributed by atoms with Gasteiger partial charge in [0.25, 0.3) is 11.8 Å². The predicted molar refractivity (Wildman–Crippen MR) is 132 cm³/mol. The molecule has 3 rings (SSSR count). The van der Waals surface area contributed by atoms with Gasteiger partial charge in [-0.05, 0) is 69.3 Å². The van der Waals surface area contributed by atoms with Crippen molar-refractivity contribution in [3.05, 3.63) is 90.0 Å². The molecule has 0 spiro atoms. The zero-order valence-corrected chi connectivity index (χ0v) is 18.9. The molecular weight excluding hydrogens is 416 g/mol. The maximum absolute atomic E-state index is 12.4. The fraction of sp³-hybridized carbons (Fsp3) is 0.192. The Labute approximate surface area is 193 Å². The van der Waals surface area contributed by atoms with Crippen LogP contribution in [0.1, 0.15) is 41.5 Å². The molecule has 7 nitrogen and oxygen atoms in total. The summed E-state index contributed by atoms with van der Waals surface area (Å²) in [6.07, 6.45) is 0. The van der Waals surface area contributed by atoms with Gasteiger partial charge in [-0.2, -0.15) is 0 Å². The number of rotatable bonds is 7. The van der Waals surface area contributed by atoms with Crippen LogP contribution in [0.2, 0.25) is 0 Å². The quantitative estimate of drug-likeness (QED) is 0.431. The summed E-state index contributed by atoms with van der Waals surface area (Å²) in [5.41, 5.74) is 2.52. The van der Waals surface area contributed by atoms with Crippen LogP contribution in [-0.2, 0) is 4.79 Å². The lowest BCUT2D eigenvalue weighted by atomic mass is 10.1. The molecule has 0 aliphatic carbocycles. The van der Waals surface area contributed by atoms with Crippen LogP contribution in [0.3, 0.4) is 0 Å². The van der Waals surface area contributed by atoms with Gasteiger partial charge in [0.1, 0.15) is 0 Å². The SMILES string of the molecule is CC(C)(C)NC(=O)c1cccc(NCC(=O)Nc2cccc(NC(=O)c3ccccc3)c2)c1. The maximum Gasteiger partial charge on any atom is 0.255 e.